The molecule has 2 aromatic carbocycles. The van der Waals surface area contributed by atoms with Crippen molar-refractivity contribution >= 4 is 22.0 Å². The maximum atomic E-state index is 12.0. The van der Waals surface area contributed by atoms with Crippen LogP contribution in [-0.2, 0) is 11.3 Å². The Morgan fingerprint density at radius 3 is 2.46 bits per heavy atom. The second kappa shape index (κ2) is 8.86. The van der Waals surface area contributed by atoms with Crippen molar-refractivity contribution in [2.75, 3.05) is 19.7 Å². The number of halogens is 1. The van der Waals surface area contributed by atoms with E-state index < -0.39 is 5.60 Å². The smallest absolute Gasteiger partial charge is 0.410 e. The van der Waals surface area contributed by atoms with Crippen LogP contribution in [0.2, 0.25) is 0 Å². The lowest BCUT2D eigenvalue weighted by Gasteiger charge is -2.39. The minimum atomic E-state index is -0.471. The topological polar surface area (TPSA) is 48.0 Å². The summed E-state index contributed by atoms with van der Waals surface area (Å²) in [7, 11) is 0. The molecule has 0 bridgehead atoms. The third-order valence-electron chi connectivity index (χ3n) is 4.23. The van der Waals surface area contributed by atoms with E-state index in [0.717, 1.165) is 10.0 Å². The maximum absolute atomic E-state index is 12.0. The van der Waals surface area contributed by atoms with Crippen LogP contribution in [0, 0.1) is 5.92 Å². The third kappa shape index (κ3) is 5.89. The van der Waals surface area contributed by atoms with Crippen molar-refractivity contribution in [3.05, 3.63) is 58.6 Å². The number of ether oxygens (including phenoxy) is 3. The number of likely N-dealkylation sites (tertiary alicyclic amines) is 1. The standard InChI is InChI=1S/C22H26BrNO4/c1-22(2,3)28-21(25)24-12-17(13-24)15-26-19-10-9-18(23)11-20(19)27-14-16-7-5-4-6-8-16/h4-11,17H,12-15H2,1-3H3. The molecular formula is C22H26BrNO4. The molecule has 0 unspecified atom stereocenters. The first-order chi connectivity index (χ1) is 13.3. The van der Waals surface area contributed by atoms with Gasteiger partial charge in [0.15, 0.2) is 11.5 Å². The number of rotatable bonds is 6. The number of amides is 1. The zero-order valence-electron chi connectivity index (χ0n) is 16.5. The Balaban J connectivity index is 1.50. The van der Waals surface area contributed by atoms with Crippen LogP contribution in [-0.4, -0.2) is 36.3 Å². The number of hydrogen-bond donors (Lipinski definition) is 0. The summed E-state index contributed by atoms with van der Waals surface area (Å²) in [5.41, 5.74) is 0.626. The molecule has 150 valence electrons. The van der Waals surface area contributed by atoms with Crippen molar-refractivity contribution < 1.29 is 19.0 Å². The molecule has 28 heavy (non-hydrogen) atoms. The van der Waals surface area contributed by atoms with Crippen LogP contribution in [0.1, 0.15) is 26.3 Å². The fourth-order valence-corrected chi connectivity index (χ4v) is 3.15. The van der Waals surface area contributed by atoms with Crippen LogP contribution < -0.4 is 9.47 Å². The van der Waals surface area contributed by atoms with E-state index in [0.29, 0.717) is 37.8 Å². The van der Waals surface area contributed by atoms with Crippen molar-refractivity contribution in [1.82, 2.24) is 4.90 Å². The zero-order chi connectivity index (χ0) is 20.1. The molecule has 3 rings (SSSR count). The largest absolute Gasteiger partial charge is 0.489 e. The Kier molecular flexibility index (Phi) is 6.50. The second-order valence-corrected chi connectivity index (χ2v) is 8.84. The Hall–Kier alpha value is -2.21. The third-order valence-corrected chi connectivity index (χ3v) is 4.72. The molecule has 0 radical (unpaired) electrons. The van der Waals surface area contributed by atoms with Crippen molar-refractivity contribution in [1.29, 1.82) is 0 Å². The van der Waals surface area contributed by atoms with Crippen LogP contribution in [0.3, 0.4) is 0 Å². The highest BCUT2D eigenvalue weighted by atomic mass is 79.9. The molecule has 1 aliphatic rings. The fourth-order valence-electron chi connectivity index (χ4n) is 2.81. The SMILES string of the molecule is CC(C)(C)OC(=O)N1CC(COc2ccc(Br)cc2OCc2ccccc2)C1. The molecule has 1 amide bonds. The molecule has 0 N–H and O–H groups in total. The molecule has 0 aromatic heterocycles. The van der Waals surface area contributed by atoms with Gasteiger partial charge in [-0.1, -0.05) is 46.3 Å². The van der Waals surface area contributed by atoms with Gasteiger partial charge in [0, 0.05) is 23.5 Å². The minimum absolute atomic E-state index is 0.265. The summed E-state index contributed by atoms with van der Waals surface area (Å²) in [5, 5.41) is 0. The van der Waals surface area contributed by atoms with Crippen molar-refractivity contribution in [2.45, 2.75) is 33.0 Å². The summed E-state index contributed by atoms with van der Waals surface area (Å²) in [4.78, 5) is 13.7. The Morgan fingerprint density at radius 2 is 1.79 bits per heavy atom. The van der Waals surface area contributed by atoms with E-state index in [1.165, 1.54) is 0 Å². The molecule has 1 saturated heterocycles. The van der Waals surface area contributed by atoms with Gasteiger partial charge in [-0.15, -0.1) is 0 Å². The van der Waals surface area contributed by atoms with Crippen molar-refractivity contribution in [2.24, 2.45) is 5.92 Å². The van der Waals surface area contributed by atoms with E-state index in [2.05, 4.69) is 15.9 Å². The first-order valence-corrected chi connectivity index (χ1v) is 10.2. The molecule has 5 nitrogen and oxygen atoms in total. The Bertz CT molecular complexity index is 798. The normalized spacial score (nSPS) is 14.4. The number of hydrogen-bond acceptors (Lipinski definition) is 4. The number of carbonyl (C=O) groups is 1. The predicted octanol–water partition coefficient (Wildman–Crippen LogP) is 5.27. The first kappa shape index (κ1) is 20.5. The summed E-state index contributed by atoms with van der Waals surface area (Å²) in [6, 6.07) is 15.7. The number of carbonyl (C=O) groups excluding carboxylic acids is 1. The van der Waals surface area contributed by atoms with Crippen LogP contribution >= 0.6 is 15.9 Å². The molecule has 2 aromatic rings. The number of benzene rings is 2. The van der Waals surface area contributed by atoms with E-state index in [-0.39, 0.29) is 12.0 Å². The van der Waals surface area contributed by atoms with Gasteiger partial charge in [-0.3, -0.25) is 0 Å². The lowest BCUT2D eigenvalue weighted by molar-refractivity contribution is -0.00801. The fraction of sp³-hybridized carbons (Fsp3) is 0.409. The van der Waals surface area contributed by atoms with Crippen LogP contribution in [0.15, 0.2) is 53.0 Å². The molecular weight excluding hydrogens is 422 g/mol. The van der Waals surface area contributed by atoms with Gasteiger partial charge in [0.2, 0.25) is 0 Å². The molecule has 1 heterocycles. The zero-order valence-corrected chi connectivity index (χ0v) is 18.1. The highest BCUT2D eigenvalue weighted by molar-refractivity contribution is 9.10. The molecule has 1 aliphatic heterocycles. The van der Waals surface area contributed by atoms with Crippen molar-refractivity contribution in [3.63, 3.8) is 0 Å². The average molecular weight is 448 g/mol. The van der Waals surface area contributed by atoms with Crippen LogP contribution in [0.25, 0.3) is 0 Å². The van der Waals surface area contributed by atoms with E-state index in [1.807, 2.05) is 69.3 Å². The van der Waals surface area contributed by atoms with E-state index in [1.54, 1.807) is 4.90 Å². The summed E-state index contributed by atoms with van der Waals surface area (Å²) in [5.74, 6) is 1.69. The molecule has 0 aliphatic carbocycles. The summed E-state index contributed by atoms with van der Waals surface area (Å²) < 4.78 is 18.3. The van der Waals surface area contributed by atoms with Crippen LogP contribution in [0.4, 0.5) is 4.79 Å². The molecule has 0 saturated carbocycles. The van der Waals surface area contributed by atoms with E-state index in [4.69, 9.17) is 14.2 Å². The molecule has 6 heteroatoms. The van der Waals surface area contributed by atoms with Gasteiger partial charge in [0.25, 0.3) is 0 Å². The first-order valence-electron chi connectivity index (χ1n) is 9.37. The summed E-state index contributed by atoms with van der Waals surface area (Å²) >= 11 is 3.48. The van der Waals surface area contributed by atoms with Gasteiger partial charge in [0.1, 0.15) is 12.2 Å². The van der Waals surface area contributed by atoms with Gasteiger partial charge >= 0.3 is 6.09 Å². The van der Waals surface area contributed by atoms with Gasteiger partial charge in [-0.25, -0.2) is 4.79 Å². The predicted molar refractivity (Wildman–Crippen MR) is 112 cm³/mol. The quantitative estimate of drug-likeness (QED) is 0.604. The summed E-state index contributed by atoms with van der Waals surface area (Å²) in [6.45, 7) is 7.91. The van der Waals surface area contributed by atoms with Gasteiger partial charge in [-0.2, -0.15) is 0 Å². The van der Waals surface area contributed by atoms with E-state index in [9.17, 15) is 4.79 Å². The van der Waals surface area contributed by atoms with Gasteiger partial charge in [0.05, 0.1) is 6.61 Å². The lowest BCUT2D eigenvalue weighted by Crippen LogP contribution is -2.53. The van der Waals surface area contributed by atoms with Crippen molar-refractivity contribution in [3.8, 4) is 11.5 Å². The molecule has 1 fully saturated rings. The second-order valence-electron chi connectivity index (χ2n) is 7.93. The molecule has 0 spiro atoms. The monoisotopic (exact) mass is 447 g/mol. The van der Waals surface area contributed by atoms with Crippen LogP contribution in [0.5, 0.6) is 11.5 Å². The Labute approximate surface area is 174 Å². The van der Waals surface area contributed by atoms with Gasteiger partial charge in [-0.05, 0) is 44.5 Å². The highest BCUT2D eigenvalue weighted by Gasteiger charge is 2.34. The van der Waals surface area contributed by atoms with Gasteiger partial charge < -0.3 is 19.1 Å². The number of nitrogens with zero attached hydrogens (tertiary/aromatic N) is 1. The maximum Gasteiger partial charge on any atom is 0.410 e. The lowest BCUT2D eigenvalue weighted by atomic mass is 10.0. The van der Waals surface area contributed by atoms with E-state index >= 15 is 0 Å². The molecule has 0 atom stereocenters. The average Bonchev–Trinajstić information content (AvgIpc) is 2.59. The highest BCUT2D eigenvalue weighted by Crippen LogP contribution is 2.32. The summed E-state index contributed by atoms with van der Waals surface area (Å²) in [6.07, 6.45) is -0.265. The Morgan fingerprint density at radius 1 is 1.07 bits per heavy atom. The minimum Gasteiger partial charge on any atom is -0.489 e.